The van der Waals surface area contributed by atoms with Crippen molar-refractivity contribution in [2.45, 2.75) is 6.54 Å². The van der Waals surface area contributed by atoms with Crippen LogP contribution >= 0.6 is 27.5 Å². The Labute approximate surface area is 158 Å². The SMILES string of the molecule is Clc1cc(Br)ccc1-c1ccc(CNc2ccc3c(c2)OCCO3)o1. The maximum absolute atomic E-state index is 6.28. The summed E-state index contributed by atoms with van der Waals surface area (Å²) in [6, 6.07) is 15.4. The van der Waals surface area contributed by atoms with Crippen LogP contribution in [0.1, 0.15) is 5.76 Å². The summed E-state index contributed by atoms with van der Waals surface area (Å²) in [5.74, 6) is 3.11. The van der Waals surface area contributed by atoms with E-state index in [1.165, 1.54) is 0 Å². The van der Waals surface area contributed by atoms with Gasteiger partial charge in [0, 0.05) is 21.8 Å². The molecule has 0 saturated heterocycles. The lowest BCUT2D eigenvalue weighted by atomic mass is 10.2. The molecule has 0 saturated carbocycles. The van der Waals surface area contributed by atoms with Crippen LogP contribution in [0.4, 0.5) is 5.69 Å². The van der Waals surface area contributed by atoms with Gasteiger partial charge in [-0.15, -0.1) is 0 Å². The van der Waals surface area contributed by atoms with E-state index >= 15 is 0 Å². The third-order valence-corrected chi connectivity index (χ3v) is 4.67. The number of nitrogens with one attached hydrogen (secondary N) is 1. The van der Waals surface area contributed by atoms with Crippen molar-refractivity contribution in [1.29, 1.82) is 0 Å². The lowest BCUT2D eigenvalue weighted by Crippen LogP contribution is -2.15. The van der Waals surface area contributed by atoms with Gasteiger partial charge in [0.1, 0.15) is 24.7 Å². The highest BCUT2D eigenvalue weighted by Crippen LogP contribution is 2.34. The molecular weight excluding hydrogens is 406 g/mol. The summed E-state index contributed by atoms with van der Waals surface area (Å²) in [5.41, 5.74) is 1.82. The minimum Gasteiger partial charge on any atom is -0.486 e. The Balaban J connectivity index is 1.46. The minimum atomic E-state index is 0.563. The number of fused-ring (bicyclic) bond motifs is 1. The van der Waals surface area contributed by atoms with E-state index in [1.54, 1.807) is 0 Å². The highest BCUT2D eigenvalue weighted by Gasteiger charge is 2.12. The number of furan rings is 1. The molecule has 2 aromatic carbocycles. The molecule has 1 N–H and O–H groups in total. The third kappa shape index (κ3) is 3.62. The molecule has 0 spiro atoms. The van der Waals surface area contributed by atoms with Gasteiger partial charge < -0.3 is 19.2 Å². The second-order valence-electron chi connectivity index (χ2n) is 5.60. The summed E-state index contributed by atoms with van der Waals surface area (Å²) in [6.45, 7) is 1.73. The topological polar surface area (TPSA) is 43.6 Å². The van der Waals surface area contributed by atoms with Gasteiger partial charge in [-0.1, -0.05) is 27.5 Å². The average molecular weight is 421 g/mol. The zero-order chi connectivity index (χ0) is 17.2. The summed E-state index contributed by atoms with van der Waals surface area (Å²) in [6.07, 6.45) is 0. The molecule has 25 heavy (non-hydrogen) atoms. The fraction of sp³-hybridized carbons (Fsp3) is 0.158. The van der Waals surface area contributed by atoms with E-state index < -0.39 is 0 Å². The second-order valence-corrected chi connectivity index (χ2v) is 6.92. The molecule has 3 aromatic rings. The molecule has 1 aliphatic heterocycles. The molecule has 0 radical (unpaired) electrons. The number of rotatable bonds is 4. The normalized spacial score (nSPS) is 12.9. The van der Waals surface area contributed by atoms with E-state index in [0.29, 0.717) is 24.8 Å². The molecule has 128 valence electrons. The first-order valence-corrected chi connectivity index (χ1v) is 9.04. The lowest BCUT2D eigenvalue weighted by molar-refractivity contribution is 0.171. The highest BCUT2D eigenvalue weighted by atomic mass is 79.9. The fourth-order valence-electron chi connectivity index (χ4n) is 2.65. The van der Waals surface area contributed by atoms with Crippen LogP contribution in [0.3, 0.4) is 0 Å². The first-order valence-electron chi connectivity index (χ1n) is 7.87. The molecule has 0 amide bonds. The number of hydrogen-bond acceptors (Lipinski definition) is 4. The van der Waals surface area contributed by atoms with Crippen LogP contribution in [-0.4, -0.2) is 13.2 Å². The second kappa shape index (κ2) is 7.02. The van der Waals surface area contributed by atoms with Crippen molar-refractivity contribution in [3.63, 3.8) is 0 Å². The summed E-state index contributed by atoms with van der Waals surface area (Å²) in [5, 5.41) is 3.98. The number of halogens is 2. The van der Waals surface area contributed by atoms with Gasteiger partial charge in [0.2, 0.25) is 0 Å². The maximum atomic E-state index is 6.28. The molecule has 0 fully saturated rings. The predicted molar refractivity (Wildman–Crippen MR) is 102 cm³/mol. The highest BCUT2D eigenvalue weighted by molar-refractivity contribution is 9.10. The predicted octanol–water partition coefficient (Wildman–Crippen LogP) is 5.75. The summed E-state index contributed by atoms with van der Waals surface area (Å²) in [7, 11) is 0. The van der Waals surface area contributed by atoms with E-state index in [2.05, 4.69) is 21.2 Å². The lowest BCUT2D eigenvalue weighted by Gasteiger charge is -2.19. The van der Waals surface area contributed by atoms with Gasteiger partial charge in [-0.25, -0.2) is 0 Å². The largest absolute Gasteiger partial charge is 0.486 e. The monoisotopic (exact) mass is 419 g/mol. The molecule has 4 nitrogen and oxygen atoms in total. The summed E-state index contributed by atoms with van der Waals surface area (Å²) >= 11 is 9.69. The van der Waals surface area contributed by atoms with Crippen molar-refractivity contribution in [1.82, 2.24) is 0 Å². The van der Waals surface area contributed by atoms with Gasteiger partial charge in [0.05, 0.1) is 11.6 Å². The van der Waals surface area contributed by atoms with E-state index in [9.17, 15) is 0 Å². The van der Waals surface area contributed by atoms with E-state index in [1.807, 2.05) is 48.5 Å². The summed E-state index contributed by atoms with van der Waals surface area (Å²) in [4.78, 5) is 0. The molecule has 2 heterocycles. The van der Waals surface area contributed by atoms with E-state index in [4.69, 9.17) is 25.5 Å². The van der Waals surface area contributed by atoms with Crippen LogP contribution in [0.25, 0.3) is 11.3 Å². The molecule has 1 aromatic heterocycles. The number of hydrogen-bond donors (Lipinski definition) is 1. The molecule has 0 bridgehead atoms. The number of ether oxygens (including phenoxy) is 2. The van der Waals surface area contributed by atoms with Gasteiger partial charge >= 0.3 is 0 Å². The standard InChI is InChI=1S/C19H15BrClNO3/c20-12-1-4-15(16(21)9-12)17-6-3-14(25-17)11-22-13-2-5-18-19(10-13)24-8-7-23-18/h1-6,9-10,22H,7-8,11H2. The number of benzene rings is 2. The zero-order valence-electron chi connectivity index (χ0n) is 13.2. The first-order chi connectivity index (χ1) is 12.2. The van der Waals surface area contributed by atoms with Gasteiger partial charge in [0.15, 0.2) is 11.5 Å². The Morgan fingerprint density at radius 2 is 1.80 bits per heavy atom. The third-order valence-electron chi connectivity index (χ3n) is 3.87. The Morgan fingerprint density at radius 1 is 0.960 bits per heavy atom. The minimum absolute atomic E-state index is 0.563. The molecule has 1 aliphatic rings. The van der Waals surface area contributed by atoms with Crippen LogP contribution in [0, 0.1) is 0 Å². The Bertz CT molecular complexity index is 909. The molecule has 4 rings (SSSR count). The molecule has 0 atom stereocenters. The van der Waals surface area contributed by atoms with Gasteiger partial charge in [-0.3, -0.25) is 0 Å². The fourth-order valence-corrected chi connectivity index (χ4v) is 3.42. The maximum Gasteiger partial charge on any atom is 0.163 e. The molecule has 6 heteroatoms. The summed E-state index contributed by atoms with van der Waals surface area (Å²) < 4.78 is 18.0. The van der Waals surface area contributed by atoms with Crippen LogP contribution in [0.5, 0.6) is 11.5 Å². The van der Waals surface area contributed by atoms with Gasteiger partial charge in [-0.2, -0.15) is 0 Å². The van der Waals surface area contributed by atoms with Crippen molar-refractivity contribution in [2.24, 2.45) is 0 Å². The molecular formula is C19H15BrClNO3. The van der Waals surface area contributed by atoms with Crippen molar-refractivity contribution in [3.8, 4) is 22.8 Å². The van der Waals surface area contributed by atoms with Crippen molar-refractivity contribution < 1.29 is 13.9 Å². The van der Waals surface area contributed by atoms with Crippen molar-refractivity contribution in [3.05, 3.63) is 63.8 Å². The average Bonchev–Trinajstić information content (AvgIpc) is 3.08. The Kier molecular flexibility index (Phi) is 4.59. The molecule has 0 unspecified atom stereocenters. The van der Waals surface area contributed by atoms with Crippen molar-refractivity contribution in [2.75, 3.05) is 18.5 Å². The van der Waals surface area contributed by atoms with Crippen LogP contribution in [0.15, 0.2) is 57.4 Å². The first kappa shape index (κ1) is 16.4. The molecule has 0 aliphatic carbocycles. The van der Waals surface area contributed by atoms with Crippen molar-refractivity contribution >= 4 is 33.2 Å². The van der Waals surface area contributed by atoms with Crippen LogP contribution < -0.4 is 14.8 Å². The van der Waals surface area contributed by atoms with E-state index in [0.717, 1.165) is 38.7 Å². The zero-order valence-corrected chi connectivity index (χ0v) is 15.6. The van der Waals surface area contributed by atoms with Crippen LogP contribution in [-0.2, 0) is 6.54 Å². The smallest absolute Gasteiger partial charge is 0.163 e. The quantitative estimate of drug-likeness (QED) is 0.584. The van der Waals surface area contributed by atoms with Gasteiger partial charge in [0.25, 0.3) is 0 Å². The Morgan fingerprint density at radius 3 is 2.64 bits per heavy atom. The van der Waals surface area contributed by atoms with Gasteiger partial charge in [-0.05, 0) is 42.5 Å². The number of anilines is 1. The van der Waals surface area contributed by atoms with E-state index in [-0.39, 0.29) is 0 Å². The Hall–Kier alpha value is -2.11. The van der Waals surface area contributed by atoms with Crippen LogP contribution in [0.2, 0.25) is 5.02 Å².